The van der Waals surface area contributed by atoms with Gasteiger partial charge in [-0.15, -0.1) is 0 Å². The summed E-state index contributed by atoms with van der Waals surface area (Å²) in [7, 11) is 0. The van der Waals surface area contributed by atoms with Crippen molar-refractivity contribution in [2.24, 2.45) is 0 Å². The number of pyridine rings is 1. The van der Waals surface area contributed by atoms with Crippen LogP contribution >= 0.6 is 0 Å². The highest BCUT2D eigenvalue weighted by molar-refractivity contribution is 5.91. The van der Waals surface area contributed by atoms with Gasteiger partial charge in [0.15, 0.2) is 12.4 Å². The van der Waals surface area contributed by atoms with Crippen LogP contribution in [0.15, 0.2) is 67.0 Å². The van der Waals surface area contributed by atoms with Gasteiger partial charge in [0.05, 0.1) is 0 Å². The van der Waals surface area contributed by atoms with Crippen LogP contribution in [0, 0.1) is 20.8 Å². The summed E-state index contributed by atoms with van der Waals surface area (Å²) in [6.07, 6.45) is 3.92. The van der Waals surface area contributed by atoms with Crippen molar-refractivity contribution < 1.29 is 9.36 Å². The summed E-state index contributed by atoms with van der Waals surface area (Å²) in [5.74, 6) is -0.0229. The highest BCUT2D eigenvalue weighted by Crippen LogP contribution is 2.21. The van der Waals surface area contributed by atoms with Crippen molar-refractivity contribution >= 4 is 11.6 Å². The molecule has 1 aromatic heterocycles. The van der Waals surface area contributed by atoms with E-state index in [1.807, 2.05) is 55.1 Å². The monoisotopic (exact) mass is 331 g/mol. The SMILES string of the molecule is Cc1cc(C)c(NC(=O)C[n+]2cccc(-c3ccccc3)c2)c(C)c1. The van der Waals surface area contributed by atoms with Gasteiger partial charge in [-0.2, -0.15) is 4.57 Å². The number of rotatable bonds is 4. The minimum atomic E-state index is -0.0229. The molecule has 0 radical (unpaired) electrons. The molecule has 0 fully saturated rings. The molecular weight excluding hydrogens is 308 g/mol. The molecule has 0 saturated carbocycles. The van der Waals surface area contributed by atoms with Crippen molar-refractivity contribution in [1.29, 1.82) is 0 Å². The minimum Gasteiger partial charge on any atom is -0.320 e. The maximum absolute atomic E-state index is 12.5. The van der Waals surface area contributed by atoms with Crippen molar-refractivity contribution in [2.75, 3.05) is 5.32 Å². The first-order valence-corrected chi connectivity index (χ1v) is 8.45. The fraction of sp³-hybridized carbons (Fsp3) is 0.182. The molecule has 0 spiro atoms. The molecule has 1 amide bonds. The van der Waals surface area contributed by atoms with E-state index >= 15 is 0 Å². The van der Waals surface area contributed by atoms with E-state index in [4.69, 9.17) is 0 Å². The third kappa shape index (κ3) is 4.13. The Morgan fingerprint density at radius 2 is 1.56 bits per heavy atom. The fourth-order valence-electron chi connectivity index (χ4n) is 3.14. The van der Waals surface area contributed by atoms with E-state index in [0.29, 0.717) is 0 Å². The summed E-state index contributed by atoms with van der Waals surface area (Å²) >= 11 is 0. The Morgan fingerprint density at radius 1 is 0.920 bits per heavy atom. The first-order valence-electron chi connectivity index (χ1n) is 8.45. The molecule has 0 aliphatic carbocycles. The van der Waals surface area contributed by atoms with Crippen molar-refractivity contribution in [2.45, 2.75) is 27.3 Å². The van der Waals surface area contributed by atoms with Crippen LogP contribution < -0.4 is 9.88 Å². The number of aromatic nitrogens is 1. The topological polar surface area (TPSA) is 33.0 Å². The lowest BCUT2D eigenvalue weighted by Gasteiger charge is -2.12. The van der Waals surface area contributed by atoms with Crippen LogP contribution in [0.1, 0.15) is 16.7 Å². The number of nitrogens with zero attached hydrogens (tertiary/aromatic N) is 1. The first-order chi connectivity index (χ1) is 12.0. The Hall–Kier alpha value is -2.94. The molecule has 3 rings (SSSR count). The van der Waals surface area contributed by atoms with Crippen LogP contribution in [0.2, 0.25) is 0 Å². The molecule has 3 aromatic rings. The van der Waals surface area contributed by atoms with Gasteiger partial charge in [0, 0.05) is 17.3 Å². The molecule has 3 heteroatoms. The summed E-state index contributed by atoms with van der Waals surface area (Å²) in [5.41, 5.74) is 6.54. The number of nitrogens with one attached hydrogen (secondary N) is 1. The van der Waals surface area contributed by atoms with Crippen LogP contribution in [0.3, 0.4) is 0 Å². The van der Waals surface area contributed by atoms with Gasteiger partial charge in [0.25, 0.3) is 5.91 Å². The average molecular weight is 331 g/mol. The summed E-state index contributed by atoms with van der Waals surface area (Å²) in [6, 6.07) is 18.4. The first kappa shape index (κ1) is 16.9. The van der Waals surface area contributed by atoms with Gasteiger partial charge in [-0.25, -0.2) is 0 Å². The Kier molecular flexibility index (Phi) is 4.94. The second-order valence-electron chi connectivity index (χ2n) is 6.45. The van der Waals surface area contributed by atoms with Crippen LogP contribution in [-0.4, -0.2) is 5.91 Å². The molecule has 0 saturated heterocycles. The number of hydrogen-bond acceptors (Lipinski definition) is 1. The molecule has 1 N–H and O–H groups in total. The molecular formula is C22H23N2O+. The Labute approximate surface area is 149 Å². The van der Waals surface area contributed by atoms with Gasteiger partial charge in [0.2, 0.25) is 6.54 Å². The van der Waals surface area contributed by atoms with E-state index < -0.39 is 0 Å². The number of aryl methyl sites for hydroxylation is 3. The van der Waals surface area contributed by atoms with Crippen molar-refractivity contribution in [3.8, 4) is 11.1 Å². The number of benzene rings is 2. The third-order valence-corrected chi connectivity index (χ3v) is 4.23. The molecule has 1 heterocycles. The van der Waals surface area contributed by atoms with Crippen LogP contribution in [-0.2, 0) is 11.3 Å². The van der Waals surface area contributed by atoms with E-state index in [1.54, 1.807) is 0 Å². The zero-order chi connectivity index (χ0) is 17.8. The zero-order valence-electron chi connectivity index (χ0n) is 14.9. The van der Waals surface area contributed by atoms with E-state index in [2.05, 4.69) is 42.6 Å². The molecule has 0 unspecified atom stereocenters. The van der Waals surface area contributed by atoms with E-state index in [-0.39, 0.29) is 12.5 Å². The highest BCUT2D eigenvalue weighted by atomic mass is 16.1. The number of carbonyl (C=O) groups excluding carboxylic acids is 1. The van der Waals surface area contributed by atoms with Crippen LogP contribution in [0.4, 0.5) is 5.69 Å². The average Bonchev–Trinajstić information content (AvgIpc) is 2.59. The van der Waals surface area contributed by atoms with Crippen LogP contribution in [0.25, 0.3) is 11.1 Å². The molecule has 2 aromatic carbocycles. The predicted octanol–water partition coefficient (Wildman–Crippen LogP) is 4.21. The summed E-state index contributed by atoms with van der Waals surface area (Å²) < 4.78 is 1.91. The minimum absolute atomic E-state index is 0.0229. The quantitative estimate of drug-likeness (QED) is 0.714. The highest BCUT2D eigenvalue weighted by Gasteiger charge is 2.13. The van der Waals surface area contributed by atoms with E-state index in [0.717, 1.165) is 27.9 Å². The van der Waals surface area contributed by atoms with Crippen molar-refractivity contribution in [3.05, 3.63) is 83.7 Å². The maximum Gasteiger partial charge on any atom is 0.290 e. The summed E-state index contributed by atoms with van der Waals surface area (Å²) in [5, 5.41) is 3.05. The van der Waals surface area contributed by atoms with E-state index in [9.17, 15) is 4.79 Å². The second kappa shape index (κ2) is 7.31. The lowest BCUT2D eigenvalue weighted by Crippen LogP contribution is -2.39. The molecule has 25 heavy (non-hydrogen) atoms. The zero-order valence-corrected chi connectivity index (χ0v) is 14.9. The van der Waals surface area contributed by atoms with E-state index in [1.165, 1.54) is 5.56 Å². The van der Waals surface area contributed by atoms with Gasteiger partial charge in [0.1, 0.15) is 0 Å². The fourth-order valence-corrected chi connectivity index (χ4v) is 3.14. The number of hydrogen-bond donors (Lipinski definition) is 1. The van der Waals surface area contributed by atoms with Crippen molar-refractivity contribution in [3.63, 3.8) is 0 Å². The maximum atomic E-state index is 12.5. The Morgan fingerprint density at radius 3 is 2.24 bits per heavy atom. The molecule has 0 bridgehead atoms. The van der Waals surface area contributed by atoms with Gasteiger partial charge in [-0.1, -0.05) is 48.0 Å². The molecule has 0 aliphatic heterocycles. The van der Waals surface area contributed by atoms with Crippen LogP contribution in [0.5, 0.6) is 0 Å². The van der Waals surface area contributed by atoms with Gasteiger partial charge in [-0.05, 0) is 43.5 Å². The molecule has 0 aliphatic rings. The largest absolute Gasteiger partial charge is 0.320 e. The normalized spacial score (nSPS) is 10.5. The number of carbonyl (C=O) groups is 1. The third-order valence-electron chi connectivity index (χ3n) is 4.23. The smallest absolute Gasteiger partial charge is 0.290 e. The number of amides is 1. The predicted molar refractivity (Wildman–Crippen MR) is 101 cm³/mol. The second-order valence-corrected chi connectivity index (χ2v) is 6.45. The molecule has 3 nitrogen and oxygen atoms in total. The van der Waals surface area contributed by atoms with Gasteiger partial charge in [-0.3, -0.25) is 4.79 Å². The Bertz CT molecular complexity index is 878. The standard InChI is InChI=1S/C22H22N2O/c1-16-12-17(2)22(18(3)13-16)23-21(25)15-24-11-7-10-20(14-24)19-8-5-4-6-9-19/h4-14H,15H2,1-3H3/p+1. The summed E-state index contributed by atoms with van der Waals surface area (Å²) in [6.45, 7) is 6.40. The molecule has 0 atom stereocenters. The lowest BCUT2D eigenvalue weighted by molar-refractivity contribution is -0.683. The van der Waals surface area contributed by atoms with Crippen molar-refractivity contribution in [1.82, 2.24) is 0 Å². The van der Waals surface area contributed by atoms with Gasteiger partial charge < -0.3 is 5.32 Å². The number of anilines is 1. The Balaban J connectivity index is 1.76. The summed E-state index contributed by atoms with van der Waals surface area (Å²) in [4.78, 5) is 12.5. The van der Waals surface area contributed by atoms with Gasteiger partial charge >= 0.3 is 0 Å². The lowest BCUT2D eigenvalue weighted by atomic mass is 10.1. The molecule has 126 valence electrons.